The van der Waals surface area contributed by atoms with Gasteiger partial charge in [-0.3, -0.25) is 0 Å². The van der Waals surface area contributed by atoms with Gasteiger partial charge in [-0.1, -0.05) is 12.1 Å². The van der Waals surface area contributed by atoms with Crippen LogP contribution >= 0.6 is 0 Å². The van der Waals surface area contributed by atoms with Crippen LogP contribution in [0.15, 0.2) is 36.0 Å². The van der Waals surface area contributed by atoms with Crippen molar-refractivity contribution in [1.82, 2.24) is 0 Å². The Morgan fingerprint density at radius 1 is 1.07 bits per heavy atom. The van der Waals surface area contributed by atoms with Crippen LogP contribution in [0.25, 0.3) is 0 Å². The van der Waals surface area contributed by atoms with E-state index in [4.69, 9.17) is 14.9 Å². The lowest BCUT2D eigenvalue weighted by Crippen LogP contribution is -2.33. The van der Waals surface area contributed by atoms with Gasteiger partial charge in [0.2, 0.25) is 5.76 Å². The number of fused-ring (bicyclic) bond motifs is 1. The highest BCUT2D eigenvalue weighted by atomic mass is 16.6. The van der Waals surface area contributed by atoms with Crippen LogP contribution in [0, 0.1) is 0 Å². The normalized spacial score (nSPS) is 18.7. The molecule has 4 N–H and O–H groups in total. The molecule has 5 heteroatoms. The number of rotatable bonds is 0. The van der Waals surface area contributed by atoms with Gasteiger partial charge in [0.05, 0.1) is 5.56 Å². The van der Waals surface area contributed by atoms with Gasteiger partial charge in [0.25, 0.3) is 5.79 Å². The molecule has 1 heterocycles. The summed E-state index contributed by atoms with van der Waals surface area (Å²) >= 11 is 0. The maximum atomic E-state index is 9.47. The van der Waals surface area contributed by atoms with Crippen molar-refractivity contribution in [2.45, 2.75) is 5.79 Å². The average Bonchev–Trinajstić information content (AvgIpc) is 2.15. The summed E-state index contributed by atoms with van der Waals surface area (Å²) in [5, 5.41) is 37.2. The molecule has 74 valence electrons. The lowest BCUT2D eigenvalue weighted by molar-refractivity contribution is -0.173. The molecule has 1 aromatic carbocycles. The van der Waals surface area contributed by atoms with Crippen molar-refractivity contribution in [2.75, 3.05) is 0 Å². The van der Waals surface area contributed by atoms with Crippen LogP contribution < -0.4 is 4.74 Å². The summed E-state index contributed by atoms with van der Waals surface area (Å²) in [6.45, 7) is 0. The van der Waals surface area contributed by atoms with E-state index in [1.807, 2.05) is 0 Å². The molecule has 2 rings (SSSR count). The van der Waals surface area contributed by atoms with Gasteiger partial charge in [-0.2, -0.15) is 0 Å². The molecule has 0 saturated carbocycles. The van der Waals surface area contributed by atoms with Crippen molar-refractivity contribution in [3.63, 3.8) is 0 Å². The van der Waals surface area contributed by atoms with Gasteiger partial charge in [-0.15, -0.1) is 0 Å². The molecule has 14 heavy (non-hydrogen) atoms. The van der Waals surface area contributed by atoms with Crippen molar-refractivity contribution in [3.8, 4) is 5.75 Å². The summed E-state index contributed by atoms with van der Waals surface area (Å²) in [4.78, 5) is 0. The van der Waals surface area contributed by atoms with Crippen molar-refractivity contribution in [1.29, 1.82) is 0 Å². The highest BCUT2D eigenvalue weighted by Crippen LogP contribution is 2.38. The maximum Gasteiger partial charge on any atom is 0.328 e. The quantitative estimate of drug-likeness (QED) is 0.454. The predicted molar refractivity (Wildman–Crippen MR) is 45.5 cm³/mol. The third kappa shape index (κ3) is 1.03. The molecular weight excluding hydrogens is 188 g/mol. The fourth-order valence-electron chi connectivity index (χ4n) is 1.27. The van der Waals surface area contributed by atoms with Crippen molar-refractivity contribution < 1.29 is 25.2 Å². The van der Waals surface area contributed by atoms with E-state index in [1.54, 1.807) is 12.1 Å². The zero-order chi connectivity index (χ0) is 10.3. The SMILES string of the molecule is OC1=C(O)C(O)(O)c2ccccc2O1. The summed E-state index contributed by atoms with van der Waals surface area (Å²) < 4.78 is 4.74. The standard InChI is InChI=1S/C9H8O5/c10-7-8(11)14-6-4-2-1-3-5(6)9(7,12)13/h1-4,10-13H. The van der Waals surface area contributed by atoms with E-state index in [2.05, 4.69) is 0 Å². The summed E-state index contributed by atoms with van der Waals surface area (Å²) in [6, 6.07) is 5.97. The molecule has 1 aromatic rings. The number of benzene rings is 1. The van der Waals surface area contributed by atoms with Crippen LogP contribution in [0.4, 0.5) is 0 Å². The van der Waals surface area contributed by atoms with Crippen LogP contribution in [0.3, 0.4) is 0 Å². The number of hydrogen-bond acceptors (Lipinski definition) is 5. The minimum atomic E-state index is -2.60. The van der Waals surface area contributed by atoms with E-state index in [9.17, 15) is 10.2 Å². The van der Waals surface area contributed by atoms with Gasteiger partial charge < -0.3 is 25.2 Å². The second kappa shape index (κ2) is 2.63. The Kier molecular flexibility index (Phi) is 1.67. The molecule has 0 fully saturated rings. The van der Waals surface area contributed by atoms with E-state index < -0.39 is 17.5 Å². The molecule has 0 amide bonds. The second-order valence-electron chi connectivity index (χ2n) is 2.92. The van der Waals surface area contributed by atoms with E-state index in [0.29, 0.717) is 0 Å². The van der Waals surface area contributed by atoms with Crippen LogP contribution in [-0.2, 0) is 5.79 Å². The largest absolute Gasteiger partial charge is 0.502 e. The van der Waals surface area contributed by atoms with Crippen LogP contribution in [0.1, 0.15) is 5.56 Å². The Morgan fingerprint density at radius 3 is 2.43 bits per heavy atom. The van der Waals surface area contributed by atoms with Gasteiger partial charge >= 0.3 is 5.95 Å². The van der Waals surface area contributed by atoms with Crippen LogP contribution in [0.5, 0.6) is 5.75 Å². The smallest absolute Gasteiger partial charge is 0.328 e. The predicted octanol–water partition coefficient (Wildman–Crippen LogP) is 0.501. The molecule has 0 atom stereocenters. The Balaban J connectivity index is 2.64. The van der Waals surface area contributed by atoms with Gasteiger partial charge in [0, 0.05) is 0 Å². The lowest BCUT2D eigenvalue weighted by atomic mass is 10.0. The van der Waals surface area contributed by atoms with Crippen LogP contribution in [0.2, 0.25) is 0 Å². The van der Waals surface area contributed by atoms with Gasteiger partial charge in [-0.05, 0) is 12.1 Å². The third-order valence-corrected chi connectivity index (χ3v) is 2.00. The first-order chi connectivity index (χ1) is 6.53. The minimum Gasteiger partial charge on any atom is -0.502 e. The molecule has 0 radical (unpaired) electrons. The first kappa shape index (κ1) is 8.86. The number of hydrogen-bond donors (Lipinski definition) is 4. The molecule has 1 aliphatic rings. The number of ether oxygens (including phenoxy) is 1. The summed E-state index contributed by atoms with van der Waals surface area (Å²) in [5.41, 5.74) is -0.0182. The molecule has 0 spiro atoms. The summed E-state index contributed by atoms with van der Waals surface area (Å²) in [6.07, 6.45) is 0. The van der Waals surface area contributed by atoms with E-state index in [-0.39, 0.29) is 11.3 Å². The number of para-hydroxylation sites is 1. The Hall–Kier alpha value is -1.72. The van der Waals surface area contributed by atoms with E-state index >= 15 is 0 Å². The third-order valence-electron chi connectivity index (χ3n) is 2.00. The van der Waals surface area contributed by atoms with Gasteiger partial charge in [0.15, 0.2) is 0 Å². The number of aliphatic hydroxyl groups excluding tert-OH is 2. The average molecular weight is 196 g/mol. The fraction of sp³-hybridized carbons (Fsp3) is 0.111. The second-order valence-corrected chi connectivity index (χ2v) is 2.92. The zero-order valence-electron chi connectivity index (χ0n) is 7.01. The molecule has 1 aliphatic heterocycles. The Morgan fingerprint density at radius 2 is 1.71 bits per heavy atom. The summed E-state index contributed by atoms with van der Waals surface area (Å²) in [5.74, 6) is -4.43. The fourth-order valence-corrected chi connectivity index (χ4v) is 1.27. The molecule has 0 aliphatic carbocycles. The van der Waals surface area contributed by atoms with Gasteiger partial charge in [0.1, 0.15) is 5.75 Å². The molecular formula is C9H8O5. The maximum absolute atomic E-state index is 9.47. The van der Waals surface area contributed by atoms with Crippen molar-refractivity contribution >= 4 is 0 Å². The Labute approximate surface area is 79.1 Å². The highest BCUT2D eigenvalue weighted by Gasteiger charge is 2.41. The molecule has 0 aromatic heterocycles. The molecule has 0 bridgehead atoms. The Bertz CT molecular complexity index is 407. The van der Waals surface area contributed by atoms with Crippen LogP contribution in [-0.4, -0.2) is 20.4 Å². The topological polar surface area (TPSA) is 90.2 Å². The van der Waals surface area contributed by atoms with Gasteiger partial charge in [-0.25, -0.2) is 0 Å². The summed E-state index contributed by atoms with van der Waals surface area (Å²) in [7, 11) is 0. The zero-order valence-corrected chi connectivity index (χ0v) is 7.01. The van der Waals surface area contributed by atoms with E-state index in [1.165, 1.54) is 12.1 Å². The van der Waals surface area contributed by atoms with E-state index in [0.717, 1.165) is 0 Å². The first-order valence-electron chi connectivity index (χ1n) is 3.88. The van der Waals surface area contributed by atoms with Crippen molar-refractivity contribution in [2.24, 2.45) is 0 Å². The molecule has 0 saturated heterocycles. The monoisotopic (exact) mass is 196 g/mol. The lowest BCUT2D eigenvalue weighted by Gasteiger charge is -2.27. The molecule has 5 nitrogen and oxygen atoms in total. The minimum absolute atomic E-state index is 0.0182. The first-order valence-corrected chi connectivity index (χ1v) is 3.88. The highest BCUT2D eigenvalue weighted by molar-refractivity contribution is 5.43. The molecule has 0 unspecified atom stereocenters. The number of aliphatic hydroxyl groups is 4. The van der Waals surface area contributed by atoms with Crippen molar-refractivity contribution in [3.05, 3.63) is 41.5 Å².